The number of nitriles is 1. The molecule has 2 heterocycles. The minimum absolute atomic E-state index is 0.0896. The van der Waals surface area contributed by atoms with E-state index in [0.29, 0.717) is 22.9 Å². The van der Waals surface area contributed by atoms with Crippen LogP contribution in [0.2, 0.25) is 0 Å². The second-order valence-electron chi connectivity index (χ2n) is 5.78. The number of anilines is 1. The molecule has 1 unspecified atom stereocenters. The molecule has 1 atom stereocenters. The third-order valence-corrected chi connectivity index (χ3v) is 4.17. The van der Waals surface area contributed by atoms with Crippen molar-refractivity contribution in [3.8, 4) is 11.8 Å². The molecule has 0 bridgehead atoms. The summed E-state index contributed by atoms with van der Waals surface area (Å²) in [4.78, 5) is 14.3. The van der Waals surface area contributed by atoms with E-state index in [1.807, 2.05) is 18.2 Å². The van der Waals surface area contributed by atoms with Crippen LogP contribution in [0.25, 0.3) is 11.0 Å². The molecule has 1 aliphatic rings. The second kappa shape index (κ2) is 5.72. The van der Waals surface area contributed by atoms with Crippen LogP contribution < -0.4 is 15.3 Å². The molecule has 5 nitrogen and oxygen atoms in total. The molecule has 1 aliphatic heterocycles. The highest BCUT2D eigenvalue weighted by atomic mass is 16.5. The van der Waals surface area contributed by atoms with Crippen LogP contribution >= 0.6 is 0 Å². The Kier molecular flexibility index (Phi) is 3.76. The molecule has 1 aromatic heterocycles. The van der Waals surface area contributed by atoms with E-state index in [9.17, 15) is 10.1 Å². The summed E-state index contributed by atoms with van der Waals surface area (Å²) in [5, 5.41) is 10.2. The Morgan fingerprint density at radius 1 is 1.45 bits per heavy atom. The van der Waals surface area contributed by atoms with E-state index in [4.69, 9.17) is 9.15 Å². The molecule has 1 fully saturated rings. The topological polar surface area (TPSA) is 66.5 Å². The van der Waals surface area contributed by atoms with Gasteiger partial charge in [0.05, 0.1) is 12.8 Å². The predicted molar refractivity (Wildman–Crippen MR) is 84.4 cm³/mol. The first-order valence-corrected chi connectivity index (χ1v) is 7.44. The van der Waals surface area contributed by atoms with Gasteiger partial charge in [0, 0.05) is 24.5 Å². The van der Waals surface area contributed by atoms with E-state index >= 15 is 0 Å². The molecule has 0 amide bonds. The lowest BCUT2D eigenvalue weighted by atomic mass is 9.98. The van der Waals surface area contributed by atoms with Crippen molar-refractivity contribution in [3.63, 3.8) is 0 Å². The summed E-state index contributed by atoms with van der Waals surface area (Å²) in [6, 6.07) is 7.38. The van der Waals surface area contributed by atoms with E-state index in [-0.39, 0.29) is 5.56 Å². The van der Waals surface area contributed by atoms with Crippen molar-refractivity contribution in [2.75, 3.05) is 25.1 Å². The van der Waals surface area contributed by atoms with Gasteiger partial charge in [-0.25, -0.2) is 4.79 Å². The number of methoxy groups -OCH3 is 1. The monoisotopic (exact) mass is 298 g/mol. The minimum atomic E-state index is -0.587. The predicted octanol–water partition coefficient (Wildman–Crippen LogP) is 2.91. The van der Waals surface area contributed by atoms with Crippen molar-refractivity contribution in [1.82, 2.24) is 0 Å². The number of fused-ring (bicyclic) bond motifs is 1. The number of hydrogen-bond donors (Lipinski definition) is 0. The van der Waals surface area contributed by atoms with Gasteiger partial charge in [0.1, 0.15) is 17.4 Å². The van der Waals surface area contributed by atoms with Gasteiger partial charge in [-0.3, -0.25) is 0 Å². The third-order valence-electron chi connectivity index (χ3n) is 4.17. The molecule has 3 rings (SSSR count). The summed E-state index contributed by atoms with van der Waals surface area (Å²) in [6.07, 6.45) is 2.23. The number of rotatable bonds is 2. The van der Waals surface area contributed by atoms with Crippen LogP contribution in [0.5, 0.6) is 5.75 Å². The number of ether oxygens (including phenoxy) is 1. The number of benzene rings is 1. The lowest BCUT2D eigenvalue weighted by Gasteiger charge is -2.33. The first-order valence-electron chi connectivity index (χ1n) is 7.44. The van der Waals surface area contributed by atoms with Gasteiger partial charge in [-0.05, 0) is 30.9 Å². The minimum Gasteiger partial charge on any atom is -0.497 e. The molecule has 1 aromatic carbocycles. The SMILES string of the molecule is COc1ccc2c(N3CCCC(C)C3)c(C#N)c(=O)oc2c1. The summed E-state index contributed by atoms with van der Waals surface area (Å²) in [5.74, 6) is 1.17. The zero-order chi connectivity index (χ0) is 15.7. The van der Waals surface area contributed by atoms with Crippen molar-refractivity contribution in [3.05, 3.63) is 34.2 Å². The van der Waals surface area contributed by atoms with Crippen LogP contribution in [0.1, 0.15) is 25.3 Å². The number of nitrogens with zero attached hydrogens (tertiary/aromatic N) is 2. The van der Waals surface area contributed by atoms with Crippen molar-refractivity contribution in [2.24, 2.45) is 5.92 Å². The summed E-state index contributed by atoms with van der Waals surface area (Å²) in [7, 11) is 1.57. The lowest BCUT2D eigenvalue weighted by Crippen LogP contribution is -2.35. The number of piperidine rings is 1. The average Bonchev–Trinajstić information content (AvgIpc) is 2.52. The van der Waals surface area contributed by atoms with E-state index in [1.54, 1.807) is 13.2 Å². The summed E-state index contributed by atoms with van der Waals surface area (Å²) in [6.45, 7) is 3.89. The molecule has 0 N–H and O–H groups in total. The van der Waals surface area contributed by atoms with Crippen LogP contribution in [0.4, 0.5) is 5.69 Å². The van der Waals surface area contributed by atoms with Gasteiger partial charge in [-0.1, -0.05) is 6.92 Å². The standard InChI is InChI=1S/C17H18N2O3/c1-11-4-3-7-19(10-11)16-13-6-5-12(21-2)8-15(13)22-17(20)14(16)9-18/h5-6,8,11H,3-4,7,10H2,1-2H3. The highest BCUT2D eigenvalue weighted by molar-refractivity contribution is 5.93. The van der Waals surface area contributed by atoms with Crippen LogP contribution in [-0.2, 0) is 0 Å². The van der Waals surface area contributed by atoms with E-state index in [0.717, 1.165) is 24.9 Å². The molecule has 22 heavy (non-hydrogen) atoms. The molecule has 0 aliphatic carbocycles. The Morgan fingerprint density at radius 3 is 2.95 bits per heavy atom. The smallest absolute Gasteiger partial charge is 0.356 e. The summed E-state index contributed by atoms with van der Waals surface area (Å²) < 4.78 is 10.5. The van der Waals surface area contributed by atoms with Gasteiger partial charge in [-0.15, -0.1) is 0 Å². The maximum atomic E-state index is 12.2. The van der Waals surface area contributed by atoms with E-state index < -0.39 is 5.63 Å². The Hall–Kier alpha value is -2.48. The van der Waals surface area contributed by atoms with Crippen molar-refractivity contribution < 1.29 is 9.15 Å². The zero-order valence-corrected chi connectivity index (χ0v) is 12.8. The fourth-order valence-corrected chi connectivity index (χ4v) is 3.11. The average molecular weight is 298 g/mol. The molecule has 2 aromatic rings. The number of hydrogen-bond acceptors (Lipinski definition) is 5. The molecule has 0 saturated carbocycles. The zero-order valence-electron chi connectivity index (χ0n) is 12.8. The van der Waals surface area contributed by atoms with Gasteiger partial charge >= 0.3 is 5.63 Å². The largest absolute Gasteiger partial charge is 0.497 e. The lowest BCUT2D eigenvalue weighted by molar-refractivity contribution is 0.414. The fourth-order valence-electron chi connectivity index (χ4n) is 3.11. The molecule has 5 heteroatoms. The van der Waals surface area contributed by atoms with Crippen LogP contribution in [-0.4, -0.2) is 20.2 Å². The van der Waals surface area contributed by atoms with Crippen molar-refractivity contribution >= 4 is 16.7 Å². The van der Waals surface area contributed by atoms with Crippen LogP contribution in [0.3, 0.4) is 0 Å². The van der Waals surface area contributed by atoms with Crippen molar-refractivity contribution in [2.45, 2.75) is 19.8 Å². The third kappa shape index (κ3) is 2.41. The van der Waals surface area contributed by atoms with E-state index in [2.05, 4.69) is 11.8 Å². The Morgan fingerprint density at radius 2 is 2.27 bits per heavy atom. The maximum Gasteiger partial charge on any atom is 0.356 e. The molecule has 1 saturated heterocycles. The molecule has 0 radical (unpaired) electrons. The maximum absolute atomic E-state index is 12.2. The quantitative estimate of drug-likeness (QED) is 0.797. The van der Waals surface area contributed by atoms with Crippen molar-refractivity contribution in [1.29, 1.82) is 5.26 Å². The second-order valence-corrected chi connectivity index (χ2v) is 5.78. The summed E-state index contributed by atoms with van der Waals surface area (Å²) >= 11 is 0. The van der Waals surface area contributed by atoms with Gasteiger partial charge in [0.15, 0.2) is 5.56 Å². The Labute approximate surface area is 128 Å². The highest BCUT2D eigenvalue weighted by Gasteiger charge is 2.24. The van der Waals surface area contributed by atoms with Gasteiger partial charge in [0.25, 0.3) is 0 Å². The highest BCUT2D eigenvalue weighted by Crippen LogP contribution is 2.33. The first kappa shape index (κ1) is 14.5. The fraction of sp³-hybridized carbons (Fsp3) is 0.412. The van der Waals surface area contributed by atoms with Gasteiger partial charge < -0.3 is 14.1 Å². The van der Waals surface area contributed by atoms with Crippen LogP contribution in [0.15, 0.2) is 27.4 Å². The summed E-state index contributed by atoms with van der Waals surface area (Å²) in [5.41, 5.74) is 0.655. The Bertz CT molecular complexity index is 804. The normalized spacial score (nSPS) is 18.2. The van der Waals surface area contributed by atoms with Gasteiger partial charge in [-0.2, -0.15) is 5.26 Å². The molecular formula is C17H18N2O3. The first-order chi connectivity index (χ1) is 10.6. The molecular weight excluding hydrogens is 280 g/mol. The Balaban J connectivity index is 2.25. The molecule has 114 valence electrons. The molecule has 0 spiro atoms. The van der Waals surface area contributed by atoms with Crippen LogP contribution in [0, 0.1) is 17.2 Å². The van der Waals surface area contributed by atoms with E-state index in [1.165, 1.54) is 6.42 Å². The van der Waals surface area contributed by atoms with Gasteiger partial charge in [0.2, 0.25) is 0 Å².